The van der Waals surface area contributed by atoms with Gasteiger partial charge in [0, 0.05) is 5.39 Å². The van der Waals surface area contributed by atoms with Gasteiger partial charge in [0.1, 0.15) is 29.2 Å². The van der Waals surface area contributed by atoms with Crippen LogP contribution in [0.4, 0.5) is 10.2 Å². The summed E-state index contributed by atoms with van der Waals surface area (Å²) in [6, 6.07) is 9.85. The predicted octanol–water partition coefficient (Wildman–Crippen LogP) is 3.44. The first-order valence-corrected chi connectivity index (χ1v) is 7.97. The molecule has 0 aliphatic rings. The number of nitrogens with one attached hydrogen (secondary N) is 3. The van der Waals surface area contributed by atoms with Crippen LogP contribution in [0.2, 0.25) is 0 Å². The third-order valence-electron chi connectivity index (χ3n) is 3.66. The van der Waals surface area contributed by atoms with Crippen LogP contribution in [0.3, 0.4) is 0 Å². The lowest BCUT2D eigenvalue weighted by Gasteiger charge is -2.12. The van der Waals surface area contributed by atoms with Gasteiger partial charge in [0.15, 0.2) is 5.84 Å². The third-order valence-corrected chi connectivity index (χ3v) is 3.66. The van der Waals surface area contributed by atoms with Crippen LogP contribution in [0.25, 0.3) is 22.0 Å². The molecule has 0 atom stereocenters. The summed E-state index contributed by atoms with van der Waals surface area (Å²) in [7, 11) is 3.05. The molecule has 0 radical (unpaired) electrons. The Hall–Kier alpha value is -3.46. The Kier molecular flexibility index (Phi) is 6.84. The number of rotatable bonds is 5. The molecule has 1 aromatic heterocycles. The maximum atomic E-state index is 13.2. The molecule has 0 unspecified atom stereocenters. The van der Waals surface area contributed by atoms with E-state index in [1.54, 1.807) is 19.2 Å². The van der Waals surface area contributed by atoms with Gasteiger partial charge in [0.05, 0.1) is 13.7 Å². The highest BCUT2D eigenvalue weighted by Crippen LogP contribution is 2.33. The average Bonchev–Trinajstić information content (AvgIpc) is 2.73. The largest absolute Gasteiger partial charge is 0.494 e. The molecule has 1 heterocycles. The zero-order valence-corrected chi connectivity index (χ0v) is 15.0. The van der Waals surface area contributed by atoms with E-state index in [0.717, 1.165) is 11.1 Å². The molecule has 0 aliphatic carbocycles. The summed E-state index contributed by atoms with van der Waals surface area (Å²) in [5.41, 5.74) is 13.6. The van der Waals surface area contributed by atoms with Gasteiger partial charge < -0.3 is 15.8 Å². The number of benzene rings is 2. The van der Waals surface area contributed by atoms with Crippen molar-refractivity contribution in [2.45, 2.75) is 0 Å². The first-order chi connectivity index (χ1) is 13.1. The monoisotopic (exact) mass is 369 g/mol. The molecule has 2 aromatic carbocycles. The molecule has 3 rings (SSSR count). The van der Waals surface area contributed by atoms with Crippen LogP contribution < -0.4 is 15.8 Å². The van der Waals surface area contributed by atoms with Gasteiger partial charge in [-0.1, -0.05) is 12.1 Å². The van der Waals surface area contributed by atoms with Crippen molar-refractivity contribution < 1.29 is 9.13 Å². The summed E-state index contributed by atoms with van der Waals surface area (Å²) in [6.45, 7) is 0.0682. The number of amidine groups is 1. The minimum atomic E-state index is -0.306. The van der Waals surface area contributed by atoms with Gasteiger partial charge >= 0.3 is 0 Å². The van der Waals surface area contributed by atoms with E-state index in [0.29, 0.717) is 22.5 Å². The van der Waals surface area contributed by atoms with Crippen LogP contribution >= 0.6 is 0 Å². The molecule has 140 valence electrons. The molecule has 3 aromatic rings. The van der Waals surface area contributed by atoms with Crippen molar-refractivity contribution in [3.8, 4) is 16.9 Å². The van der Waals surface area contributed by atoms with Crippen LogP contribution in [0, 0.1) is 16.8 Å². The van der Waals surface area contributed by atoms with Crippen LogP contribution in [0.15, 0.2) is 47.8 Å². The SMILES string of the molecule is CN.COc1cc(-c2ccc(F)cc2)cc2c(NCC(=N)N=N)ncnc12. The minimum absolute atomic E-state index is 0.0682. The highest BCUT2D eigenvalue weighted by atomic mass is 19.1. The lowest BCUT2D eigenvalue weighted by atomic mass is 10.0. The van der Waals surface area contributed by atoms with Gasteiger partial charge in [-0.2, -0.15) is 0 Å². The topological polar surface area (TPSA) is 133 Å². The second-order valence-corrected chi connectivity index (χ2v) is 5.22. The number of aromatic nitrogens is 2. The molecule has 0 aliphatic heterocycles. The molecule has 9 heteroatoms. The van der Waals surface area contributed by atoms with Crippen molar-refractivity contribution >= 4 is 22.6 Å². The van der Waals surface area contributed by atoms with E-state index in [4.69, 9.17) is 15.7 Å². The zero-order chi connectivity index (χ0) is 19.8. The quantitative estimate of drug-likeness (QED) is 0.310. The van der Waals surface area contributed by atoms with Gasteiger partial charge in [-0.05, 0) is 42.4 Å². The summed E-state index contributed by atoms with van der Waals surface area (Å²) < 4.78 is 18.6. The van der Waals surface area contributed by atoms with E-state index < -0.39 is 0 Å². The summed E-state index contributed by atoms with van der Waals surface area (Å²) in [5, 5.41) is 14.2. The number of hydrogen-bond donors (Lipinski definition) is 4. The Morgan fingerprint density at radius 1 is 1.19 bits per heavy atom. The number of methoxy groups -OCH3 is 1. The predicted molar refractivity (Wildman–Crippen MR) is 103 cm³/mol. The lowest BCUT2D eigenvalue weighted by Crippen LogP contribution is -2.11. The van der Waals surface area contributed by atoms with Crippen molar-refractivity contribution in [2.75, 3.05) is 26.0 Å². The smallest absolute Gasteiger partial charge is 0.162 e. The molecule has 27 heavy (non-hydrogen) atoms. The Bertz CT molecular complexity index is 944. The third kappa shape index (κ3) is 4.59. The summed E-state index contributed by atoms with van der Waals surface area (Å²) >= 11 is 0. The Labute approximate surface area is 155 Å². The molecule has 0 saturated carbocycles. The van der Waals surface area contributed by atoms with E-state index in [9.17, 15) is 4.39 Å². The van der Waals surface area contributed by atoms with Gasteiger partial charge in [0.2, 0.25) is 0 Å². The van der Waals surface area contributed by atoms with E-state index in [-0.39, 0.29) is 18.2 Å². The van der Waals surface area contributed by atoms with Crippen LogP contribution in [-0.4, -0.2) is 36.5 Å². The molecular formula is C18H20FN7O. The fourth-order valence-corrected chi connectivity index (χ4v) is 2.45. The highest BCUT2D eigenvalue weighted by Gasteiger charge is 2.12. The Morgan fingerprint density at radius 3 is 2.52 bits per heavy atom. The van der Waals surface area contributed by atoms with Crippen molar-refractivity contribution in [3.05, 3.63) is 48.5 Å². The van der Waals surface area contributed by atoms with Gasteiger partial charge in [0.25, 0.3) is 0 Å². The standard InChI is InChI=1S/C17H15FN6O.CH5N/c1-25-14-7-11(10-2-4-12(18)5-3-10)6-13-16(14)22-9-23-17(13)21-8-15(19)24-20;1-2/h2-7,9,19-20H,8H2,1H3,(H,21,22,23);2H2,1H3. The van der Waals surface area contributed by atoms with Crippen LogP contribution in [0.1, 0.15) is 0 Å². The van der Waals surface area contributed by atoms with Crippen LogP contribution in [-0.2, 0) is 0 Å². The fraction of sp³-hybridized carbons (Fsp3) is 0.167. The Balaban J connectivity index is 0.00000126. The fourth-order valence-electron chi connectivity index (χ4n) is 2.45. The number of fused-ring (bicyclic) bond motifs is 1. The van der Waals surface area contributed by atoms with Crippen molar-refractivity contribution in [1.82, 2.24) is 9.97 Å². The summed E-state index contributed by atoms with van der Waals surface area (Å²) in [6.07, 6.45) is 1.40. The van der Waals surface area contributed by atoms with E-state index in [1.807, 2.05) is 12.1 Å². The molecule has 8 nitrogen and oxygen atoms in total. The van der Waals surface area contributed by atoms with Gasteiger partial charge in [-0.25, -0.2) is 19.9 Å². The molecule has 5 N–H and O–H groups in total. The normalized spacial score (nSPS) is 9.93. The lowest BCUT2D eigenvalue weighted by molar-refractivity contribution is 0.419. The van der Waals surface area contributed by atoms with Gasteiger partial charge in [-0.3, -0.25) is 5.41 Å². The number of halogens is 1. The first-order valence-electron chi connectivity index (χ1n) is 7.97. The maximum Gasteiger partial charge on any atom is 0.162 e. The summed E-state index contributed by atoms with van der Waals surface area (Å²) in [5.74, 6) is 0.636. The number of nitrogens with zero attached hydrogens (tertiary/aromatic N) is 3. The highest BCUT2D eigenvalue weighted by molar-refractivity contribution is 5.97. The Morgan fingerprint density at radius 2 is 1.89 bits per heavy atom. The van der Waals surface area contributed by atoms with Crippen molar-refractivity contribution in [3.63, 3.8) is 0 Å². The zero-order valence-electron chi connectivity index (χ0n) is 15.0. The second-order valence-electron chi connectivity index (χ2n) is 5.22. The molecule has 0 fully saturated rings. The number of anilines is 1. The summed E-state index contributed by atoms with van der Waals surface area (Å²) in [4.78, 5) is 8.46. The van der Waals surface area contributed by atoms with Gasteiger partial charge in [-0.15, -0.1) is 5.11 Å². The second kappa shape index (κ2) is 9.30. The van der Waals surface area contributed by atoms with E-state index in [1.165, 1.54) is 25.5 Å². The molecular weight excluding hydrogens is 349 g/mol. The molecule has 0 bridgehead atoms. The maximum absolute atomic E-state index is 13.2. The van der Waals surface area contributed by atoms with Crippen LogP contribution in [0.5, 0.6) is 5.75 Å². The molecule has 0 amide bonds. The van der Waals surface area contributed by atoms with Crippen molar-refractivity contribution in [2.24, 2.45) is 10.8 Å². The molecule has 0 saturated heterocycles. The number of ether oxygens (including phenoxy) is 1. The van der Waals surface area contributed by atoms with E-state index in [2.05, 4.69) is 26.1 Å². The minimum Gasteiger partial charge on any atom is -0.494 e. The number of nitrogens with two attached hydrogens (primary N) is 1. The van der Waals surface area contributed by atoms with Crippen molar-refractivity contribution in [1.29, 1.82) is 10.9 Å². The first kappa shape index (κ1) is 19.9. The van der Waals surface area contributed by atoms with E-state index >= 15 is 0 Å². The molecule has 0 spiro atoms. The average molecular weight is 369 g/mol. The number of hydrogen-bond acceptors (Lipinski definition) is 7.